The highest BCUT2D eigenvalue weighted by molar-refractivity contribution is 6.31. The van der Waals surface area contributed by atoms with Crippen LogP contribution in [0.4, 0.5) is 5.69 Å². The van der Waals surface area contributed by atoms with E-state index in [0.717, 1.165) is 18.7 Å². The Kier molecular flexibility index (Phi) is 7.12. The van der Waals surface area contributed by atoms with Crippen LogP contribution in [0.1, 0.15) is 35.8 Å². The van der Waals surface area contributed by atoms with E-state index in [9.17, 15) is 14.9 Å². The summed E-state index contributed by atoms with van der Waals surface area (Å²) in [7, 11) is 0. The monoisotopic (exact) mass is 375 g/mol. The number of carbonyl (C=O) groups is 1. The summed E-state index contributed by atoms with van der Waals surface area (Å²) >= 11 is 6.35. The highest BCUT2D eigenvalue weighted by Gasteiger charge is 2.23. The molecule has 0 heterocycles. The Morgan fingerprint density at radius 1 is 1.15 bits per heavy atom. The molecule has 0 aliphatic carbocycles. The van der Waals surface area contributed by atoms with E-state index in [1.807, 2.05) is 38.1 Å². The number of amides is 1. The van der Waals surface area contributed by atoms with E-state index in [2.05, 4.69) is 10.2 Å². The normalized spacial score (nSPS) is 12.0. The summed E-state index contributed by atoms with van der Waals surface area (Å²) in [6.45, 7) is 5.95. The van der Waals surface area contributed by atoms with Gasteiger partial charge in [0.25, 0.3) is 11.6 Å². The molecule has 7 heteroatoms. The lowest BCUT2D eigenvalue weighted by Gasteiger charge is -2.30. The van der Waals surface area contributed by atoms with Crippen molar-refractivity contribution in [3.8, 4) is 0 Å². The van der Waals surface area contributed by atoms with Gasteiger partial charge in [-0.1, -0.05) is 55.8 Å². The Morgan fingerprint density at radius 3 is 2.38 bits per heavy atom. The van der Waals surface area contributed by atoms with Crippen LogP contribution in [0, 0.1) is 10.1 Å². The van der Waals surface area contributed by atoms with E-state index >= 15 is 0 Å². The van der Waals surface area contributed by atoms with Crippen molar-refractivity contribution < 1.29 is 9.72 Å². The number of rotatable bonds is 8. The van der Waals surface area contributed by atoms with Gasteiger partial charge in [0.05, 0.1) is 11.0 Å². The van der Waals surface area contributed by atoms with Gasteiger partial charge in [0.1, 0.15) is 5.56 Å². The highest BCUT2D eigenvalue weighted by atomic mass is 35.5. The van der Waals surface area contributed by atoms with Gasteiger partial charge >= 0.3 is 0 Å². The Balaban J connectivity index is 2.24. The van der Waals surface area contributed by atoms with Crippen LogP contribution in [0.3, 0.4) is 0 Å². The smallest absolute Gasteiger partial charge is 0.282 e. The number of carbonyl (C=O) groups excluding carboxylic acids is 1. The first-order valence-electron chi connectivity index (χ1n) is 8.49. The molecule has 138 valence electrons. The van der Waals surface area contributed by atoms with Crippen LogP contribution in [-0.4, -0.2) is 35.4 Å². The topological polar surface area (TPSA) is 75.5 Å². The fraction of sp³-hybridized carbons (Fsp3) is 0.316. The molecular weight excluding hydrogens is 354 g/mol. The third-order valence-electron chi connectivity index (χ3n) is 4.32. The summed E-state index contributed by atoms with van der Waals surface area (Å²) in [5, 5.41) is 14.6. The Labute approximate surface area is 157 Å². The minimum Gasteiger partial charge on any atom is -0.350 e. The number of hydrogen-bond donors (Lipinski definition) is 1. The minimum atomic E-state index is -0.551. The molecule has 0 spiro atoms. The quantitative estimate of drug-likeness (QED) is 0.557. The number of nitro benzene ring substituents is 1. The van der Waals surface area contributed by atoms with Gasteiger partial charge in [-0.05, 0) is 30.8 Å². The second-order valence-corrected chi connectivity index (χ2v) is 6.15. The second kappa shape index (κ2) is 9.31. The maximum absolute atomic E-state index is 12.5. The summed E-state index contributed by atoms with van der Waals surface area (Å²) in [5.41, 5.74) is 0.762. The summed E-state index contributed by atoms with van der Waals surface area (Å²) in [6, 6.07) is 13.3. The van der Waals surface area contributed by atoms with Crippen molar-refractivity contribution in [2.45, 2.75) is 19.9 Å². The summed E-state index contributed by atoms with van der Waals surface area (Å²) in [6.07, 6.45) is 0. The predicted molar refractivity (Wildman–Crippen MR) is 103 cm³/mol. The van der Waals surface area contributed by atoms with Crippen LogP contribution in [0.25, 0.3) is 0 Å². The fourth-order valence-corrected chi connectivity index (χ4v) is 3.22. The summed E-state index contributed by atoms with van der Waals surface area (Å²) in [5.74, 6) is -0.471. The molecule has 2 aromatic carbocycles. The maximum atomic E-state index is 12.5. The molecule has 0 aliphatic rings. The SMILES string of the molecule is CCN(CC)C(CNC(=O)c1ccccc1[N+](=O)[O-])c1ccccc1Cl. The number of halogens is 1. The van der Waals surface area contributed by atoms with Gasteiger partial charge in [0.15, 0.2) is 0 Å². The van der Waals surface area contributed by atoms with Crippen LogP contribution in [-0.2, 0) is 0 Å². The third-order valence-corrected chi connectivity index (χ3v) is 4.66. The van der Waals surface area contributed by atoms with Crippen molar-refractivity contribution in [2.75, 3.05) is 19.6 Å². The number of hydrogen-bond acceptors (Lipinski definition) is 4. The van der Waals surface area contributed by atoms with Gasteiger partial charge in [-0.15, -0.1) is 0 Å². The predicted octanol–water partition coefficient (Wildman–Crippen LogP) is 4.06. The van der Waals surface area contributed by atoms with Crippen molar-refractivity contribution in [1.82, 2.24) is 10.2 Å². The zero-order valence-corrected chi connectivity index (χ0v) is 15.6. The van der Waals surface area contributed by atoms with E-state index in [4.69, 9.17) is 11.6 Å². The van der Waals surface area contributed by atoms with Crippen LogP contribution in [0.5, 0.6) is 0 Å². The number of nitro groups is 1. The molecule has 0 fully saturated rings. The van der Waals surface area contributed by atoms with Crippen LogP contribution >= 0.6 is 11.6 Å². The molecule has 0 saturated heterocycles. The molecular formula is C19H22ClN3O3. The standard InChI is InChI=1S/C19H22ClN3O3/c1-3-22(4-2)18(14-9-5-7-11-16(14)20)13-21-19(24)15-10-6-8-12-17(15)23(25)26/h5-12,18H,3-4,13H2,1-2H3,(H,21,24). The second-order valence-electron chi connectivity index (χ2n) is 5.74. The van der Waals surface area contributed by atoms with E-state index in [-0.39, 0.29) is 17.3 Å². The number of nitrogens with zero attached hydrogens (tertiary/aromatic N) is 2. The van der Waals surface area contributed by atoms with Gasteiger partial charge in [-0.3, -0.25) is 19.8 Å². The Hall–Kier alpha value is -2.44. The molecule has 6 nitrogen and oxygen atoms in total. The molecule has 0 saturated carbocycles. The molecule has 1 atom stereocenters. The van der Waals surface area contributed by atoms with Crippen LogP contribution in [0.15, 0.2) is 48.5 Å². The Morgan fingerprint density at radius 2 is 1.77 bits per heavy atom. The average molecular weight is 376 g/mol. The average Bonchev–Trinajstić information content (AvgIpc) is 2.65. The van der Waals surface area contributed by atoms with Crippen molar-refractivity contribution >= 4 is 23.2 Å². The maximum Gasteiger partial charge on any atom is 0.282 e. The number of para-hydroxylation sites is 1. The molecule has 1 amide bonds. The third kappa shape index (κ3) is 4.59. The van der Waals surface area contributed by atoms with Crippen molar-refractivity contribution in [3.63, 3.8) is 0 Å². The first kappa shape index (κ1) is 19.9. The molecule has 0 aliphatic heterocycles. The summed E-state index contributed by atoms with van der Waals surface area (Å²) in [4.78, 5) is 25.3. The molecule has 2 rings (SSSR count). The van der Waals surface area contributed by atoms with E-state index < -0.39 is 10.8 Å². The summed E-state index contributed by atoms with van der Waals surface area (Å²) < 4.78 is 0. The molecule has 2 aromatic rings. The zero-order valence-electron chi connectivity index (χ0n) is 14.8. The first-order chi connectivity index (χ1) is 12.5. The van der Waals surface area contributed by atoms with Gasteiger partial charge < -0.3 is 5.32 Å². The van der Waals surface area contributed by atoms with Crippen LogP contribution in [0.2, 0.25) is 5.02 Å². The molecule has 0 aromatic heterocycles. The molecule has 1 unspecified atom stereocenters. The fourth-order valence-electron chi connectivity index (χ4n) is 2.95. The van der Waals surface area contributed by atoms with E-state index in [0.29, 0.717) is 11.6 Å². The Bertz CT molecular complexity index is 778. The largest absolute Gasteiger partial charge is 0.350 e. The van der Waals surface area contributed by atoms with Gasteiger partial charge in [-0.25, -0.2) is 0 Å². The van der Waals surface area contributed by atoms with Crippen molar-refractivity contribution in [2.24, 2.45) is 0 Å². The lowest BCUT2D eigenvalue weighted by atomic mass is 10.0. The minimum absolute atomic E-state index is 0.0509. The van der Waals surface area contributed by atoms with Crippen molar-refractivity contribution in [1.29, 1.82) is 0 Å². The van der Waals surface area contributed by atoms with Crippen molar-refractivity contribution in [3.05, 3.63) is 74.8 Å². The van der Waals surface area contributed by atoms with Gasteiger partial charge in [0.2, 0.25) is 0 Å². The number of benzene rings is 2. The van der Waals surface area contributed by atoms with E-state index in [1.54, 1.807) is 6.07 Å². The highest BCUT2D eigenvalue weighted by Crippen LogP contribution is 2.27. The lowest BCUT2D eigenvalue weighted by Crippen LogP contribution is -2.38. The van der Waals surface area contributed by atoms with Gasteiger partial charge in [0, 0.05) is 17.6 Å². The molecule has 1 N–H and O–H groups in total. The molecule has 0 radical (unpaired) electrons. The number of nitrogens with one attached hydrogen (secondary N) is 1. The molecule has 0 bridgehead atoms. The lowest BCUT2D eigenvalue weighted by molar-refractivity contribution is -0.385. The van der Waals surface area contributed by atoms with E-state index in [1.165, 1.54) is 18.2 Å². The van der Waals surface area contributed by atoms with Gasteiger partial charge in [-0.2, -0.15) is 0 Å². The number of likely N-dealkylation sites (N-methyl/N-ethyl adjacent to an activating group) is 1. The van der Waals surface area contributed by atoms with Crippen LogP contribution < -0.4 is 5.32 Å². The zero-order chi connectivity index (χ0) is 19.1. The first-order valence-corrected chi connectivity index (χ1v) is 8.87. The molecule has 26 heavy (non-hydrogen) atoms.